The summed E-state index contributed by atoms with van der Waals surface area (Å²) in [5, 5.41) is 2.65. The minimum absolute atomic E-state index is 0.00467. The molecule has 1 aromatic carbocycles. The number of amides is 1. The third-order valence-corrected chi connectivity index (χ3v) is 6.19. The zero-order valence-electron chi connectivity index (χ0n) is 14.0. The van der Waals surface area contributed by atoms with Crippen molar-refractivity contribution in [2.45, 2.75) is 12.8 Å². The fraction of sp³-hybridized carbons (Fsp3) is 0.562. The molecule has 0 saturated carbocycles. The molecule has 1 fully saturated rings. The minimum Gasteiger partial charge on any atom is -0.369 e. The highest BCUT2D eigenvalue weighted by Gasteiger charge is 2.26. The molecule has 140 valence electrons. The lowest BCUT2D eigenvalue weighted by Gasteiger charge is -2.35. The van der Waals surface area contributed by atoms with Crippen LogP contribution in [0, 0.1) is 5.82 Å². The Morgan fingerprint density at radius 1 is 1.16 bits per heavy atom. The van der Waals surface area contributed by atoms with Crippen LogP contribution in [0.25, 0.3) is 0 Å². The van der Waals surface area contributed by atoms with Crippen molar-refractivity contribution < 1.29 is 17.6 Å². The Morgan fingerprint density at radius 3 is 2.40 bits per heavy atom. The standard InChI is InChI=1S/C16H23ClFN3O3S/c17-7-6-16(22)19-8-1-13-25(23,24)21-11-9-20(10-12-21)15-4-2-14(18)3-5-15/h2-5H,1,6-13H2,(H,19,22). The number of sulfonamides is 1. The van der Waals surface area contributed by atoms with Crippen LogP contribution in [0.5, 0.6) is 0 Å². The topological polar surface area (TPSA) is 69.7 Å². The predicted molar refractivity (Wildman–Crippen MR) is 96.9 cm³/mol. The summed E-state index contributed by atoms with van der Waals surface area (Å²) in [6.45, 7) is 2.26. The second-order valence-electron chi connectivity index (χ2n) is 5.82. The van der Waals surface area contributed by atoms with Gasteiger partial charge in [-0.3, -0.25) is 4.79 Å². The molecule has 2 rings (SSSR count). The van der Waals surface area contributed by atoms with Gasteiger partial charge >= 0.3 is 0 Å². The molecule has 25 heavy (non-hydrogen) atoms. The Bertz CT molecular complexity index is 662. The zero-order chi connectivity index (χ0) is 18.3. The van der Waals surface area contributed by atoms with Gasteiger partial charge in [-0.15, -0.1) is 11.6 Å². The lowest BCUT2D eigenvalue weighted by Crippen LogP contribution is -2.49. The van der Waals surface area contributed by atoms with E-state index in [4.69, 9.17) is 11.6 Å². The maximum Gasteiger partial charge on any atom is 0.221 e. The van der Waals surface area contributed by atoms with Gasteiger partial charge in [0.05, 0.1) is 5.75 Å². The summed E-state index contributed by atoms with van der Waals surface area (Å²) in [6.07, 6.45) is 0.605. The highest BCUT2D eigenvalue weighted by atomic mass is 35.5. The summed E-state index contributed by atoms with van der Waals surface area (Å²) in [7, 11) is -3.34. The van der Waals surface area contributed by atoms with Crippen LogP contribution < -0.4 is 10.2 Å². The third kappa shape index (κ3) is 6.13. The number of rotatable bonds is 8. The largest absolute Gasteiger partial charge is 0.369 e. The van der Waals surface area contributed by atoms with Crippen LogP contribution in [0.3, 0.4) is 0 Å². The van der Waals surface area contributed by atoms with Crippen molar-refractivity contribution in [3.63, 3.8) is 0 Å². The summed E-state index contributed by atoms with van der Waals surface area (Å²) >= 11 is 5.46. The van der Waals surface area contributed by atoms with Crippen LogP contribution in [0.15, 0.2) is 24.3 Å². The molecule has 0 aromatic heterocycles. The van der Waals surface area contributed by atoms with Gasteiger partial charge in [-0.05, 0) is 30.7 Å². The Morgan fingerprint density at radius 2 is 1.80 bits per heavy atom. The summed E-state index contributed by atoms with van der Waals surface area (Å²) in [5.41, 5.74) is 0.889. The van der Waals surface area contributed by atoms with Gasteiger partial charge < -0.3 is 10.2 Å². The monoisotopic (exact) mass is 391 g/mol. The molecule has 0 atom stereocenters. The molecule has 0 unspecified atom stereocenters. The number of nitrogens with zero attached hydrogens (tertiary/aromatic N) is 2. The highest BCUT2D eigenvalue weighted by molar-refractivity contribution is 7.89. The summed E-state index contributed by atoms with van der Waals surface area (Å²) in [4.78, 5) is 13.3. The van der Waals surface area contributed by atoms with Gasteiger partial charge in [-0.1, -0.05) is 0 Å². The van der Waals surface area contributed by atoms with Gasteiger partial charge in [0.25, 0.3) is 0 Å². The van der Waals surface area contributed by atoms with Gasteiger partial charge in [0, 0.05) is 50.7 Å². The number of carbonyl (C=O) groups is 1. The van der Waals surface area contributed by atoms with Gasteiger partial charge in [0.2, 0.25) is 15.9 Å². The molecule has 0 bridgehead atoms. The van der Waals surface area contributed by atoms with E-state index in [1.165, 1.54) is 16.4 Å². The normalized spacial score (nSPS) is 16.0. The van der Waals surface area contributed by atoms with Crippen LogP contribution in [-0.2, 0) is 14.8 Å². The second-order valence-corrected chi connectivity index (χ2v) is 8.29. The molecule has 1 aromatic rings. The molecule has 1 N–H and O–H groups in total. The molecule has 1 saturated heterocycles. The number of anilines is 1. The van der Waals surface area contributed by atoms with Crippen molar-refractivity contribution in [3.8, 4) is 0 Å². The van der Waals surface area contributed by atoms with E-state index in [1.807, 2.05) is 4.90 Å². The van der Waals surface area contributed by atoms with Gasteiger partial charge in [0.15, 0.2) is 0 Å². The SMILES string of the molecule is O=C(CCCl)NCCCS(=O)(=O)N1CCN(c2ccc(F)cc2)CC1. The number of hydrogen-bond donors (Lipinski definition) is 1. The molecule has 9 heteroatoms. The Kier molecular flexibility index (Phi) is 7.46. The average molecular weight is 392 g/mol. The first-order valence-corrected chi connectivity index (χ1v) is 10.4. The number of hydrogen-bond acceptors (Lipinski definition) is 4. The molecule has 6 nitrogen and oxygen atoms in total. The van der Waals surface area contributed by atoms with Gasteiger partial charge in [-0.2, -0.15) is 4.31 Å². The zero-order valence-corrected chi connectivity index (χ0v) is 15.5. The molecular formula is C16H23ClFN3O3S. The van der Waals surface area contributed by atoms with Crippen molar-refractivity contribution in [3.05, 3.63) is 30.1 Å². The van der Waals surface area contributed by atoms with Crippen LogP contribution in [-0.4, -0.2) is 63.0 Å². The van der Waals surface area contributed by atoms with E-state index < -0.39 is 10.0 Å². The number of alkyl halides is 1. The summed E-state index contributed by atoms with van der Waals surface area (Å²) < 4.78 is 39.2. The lowest BCUT2D eigenvalue weighted by atomic mass is 10.2. The Hall–Kier alpha value is -1.38. The summed E-state index contributed by atoms with van der Waals surface area (Å²) in [5.74, 6) is -0.198. The molecule has 1 aliphatic rings. The first-order valence-electron chi connectivity index (χ1n) is 8.23. The third-order valence-electron chi connectivity index (χ3n) is 4.05. The quantitative estimate of drug-likeness (QED) is 0.537. The number of carbonyl (C=O) groups excluding carboxylic acids is 1. The van der Waals surface area contributed by atoms with Crippen molar-refractivity contribution in [2.24, 2.45) is 0 Å². The van der Waals surface area contributed by atoms with Crippen molar-refractivity contribution >= 4 is 33.2 Å². The average Bonchev–Trinajstić information content (AvgIpc) is 2.60. The van der Waals surface area contributed by atoms with Crippen molar-refractivity contribution in [1.29, 1.82) is 0 Å². The fourth-order valence-corrected chi connectivity index (χ4v) is 4.32. The van der Waals surface area contributed by atoms with E-state index in [-0.39, 0.29) is 29.8 Å². The number of piperazine rings is 1. The maximum absolute atomic E-state index is 13.0. The highest BCUT2D eigenvalue weighted by Crippen LogP contribution is 2.18. The molecular weight excluding hydrogens is 369 g/mol. The maximum atomic E-state index is 13.0. The molecule has 1 amide bonds. The Labute approximate surface area is 153 Å². The minimum atomic E-state index is -3.34. The smallest absolute Gasteiger partial charge is 0.221 e. The predicted octanol–water partition coefficient (Wildman–Crippen LogP) is 1.41. The van der Waals surface area contributed by atoms with E-state index in [0.29, 0.717) is 39.1 Å². The molecule has 0 aliphatic carbocycles. The van der Waals surface area contributed by atoms with Gasteiger partial charge in [0.1, 0.15) is 5.82 Å². The second kappa shape index (κ2) is 9.35. The first kappa shape index (κ1) is 19.9. The van der Waals surface area contributed by atoms with E-state index in [1.54, 1.807) is 12.1 Å². The van der Waals surface area contributed by atoms with Crippen molar-refractivity contribution in [2.75, 3.05) is 49.3 Å². The van der Waals surface area contributed by atoms with E-state index in [0.717, 1.165) is 5.69 Å². The van der Waals surface area contributed by atoms with E-state index in [2.05, 4.69) is 5.32 Å². The molecule has 1 aliphatic heterocycles. The van der Waals surface area contributed by atoms with Crippen LogP contribution in [0.1, 0.15) is 12.8 Å². The Balaban J connectivity index is 1.76. The van der Waals surface area contributed by atoms with Gasteiger partial charge in [-0.25, -0.2) is 12.8 Å². The number of halogens is 2. The van der Waals surface area contributed by atoms with Crippen LogP contribution in [0.4, 0.5) is 10.1 Å². The molecule has 1 heterocycles. The first-order chi connectivity index (χ1) is 11.9. The summed E-state index contributed by atoms with van der Waals surface area (Å²) in [6, 6.07) is 6.19. The number of nitrogens with one attached hydrogen (secondary N) is 1. The molecule has 0 radical (unpaired) electrons. The van der Waals surface area contributed by atoms with E-state index in [9.17, 15) is 17.6 Å². The fourth-order valence-electron chi connectivity index (χ4n) is 2.66. The van der Waals surface area contributed by atoms with Crippen LogP contribution >= 0.6 is 11.6 Å². The van der Waals surface area contributed by atoms with Crippen LogP contribution in [0.2, 0.25) is 0 Å². The number of benzene rings is 1. The lowest BCUT2D eigenvalue weighted by molar-refractivity contribution is -0.120. The van der Waals surface area contributed by atoms with Crippen molar-refractivity contribution in [1.82, 2.24) is 9.62 Å². The molecule has 0 spiro atoms. The van der Waals surface area contributed by atoms with E-state index >= 15 is 0 Å².